The summed E-state index contributed by atoms with van der Waals surface area (Å²) in [4.78, 5) is 0. The van der Waals surface area contributed by atoms with Crippen LogP contribution in [-0.4, -0.2) is 12.2 Å². The summed E-state index contributed by atoms with van der Waals surface area (Å²) in [6.45, 7) is 3.65. The molecule has 1 aromatic carbocycles. The Bertz CT molecular complexity index is 375. The van der Waals surface area contributed by atoms with E-state index in [2.05, 4.69) is 6.07 Å². The third-order valence-electron chi connectivity index (χ3n) is 3.08. The normalized spacial score (nSPS) is 15.2. The van der Waals surface area contributed by atoms with E-state index in [0.29, 0.717) is 0 Å². The van der Waals surface area contributed by atoms with Crippen LogP contribution >= 0.6 is 0 Å². The van der Waals surface area contributed by atoms with Crippen LogP contribution in [0.3, 0.4) is 0 Å². The van der Waals surface area contributed by atoms with Crippen LogP contribution < -0.4 is 4.74 Å². The highest BCUT2D eigenvalue weighted by atomic mass is 16.5. The van der Waals surface area contributed by atoms with Crippen molar-refractivity contribution < 1.29 is 9.84 Å². The van der Waals surface area contributed by atoms with Crippen molar-refractivity contribution in [1.82, 2.24) is 0 Å². The summed E-state index contributed by atoms with van der Waals surface area (Å²) in [5, 5.41) is 10.2. The van der Waals surface area contributed by atoms with E-state index in [-0.39, 0.29) is 0 Å². The molecule has 0 fully saturated rings. The molecule has 1 aromatic rings. The second-order valence-electron chi connectivity index (χ2n) is 4.69. The molecule has 82 valence electrons. The molecule has 0 bridgehead atoms. The monoisotopic (exact) mass is 206 g/mol. The summed E-state index contributed by atoms with van der Waals surface area (Å²) in [5.41, 5.74) is 2.82. The second kappa shape index (κ2) is 3.53. The number of ether oxygens (including phenoxy) is 1. The molecule has 0 saturated carbocycles. The van der Waals surface area contributed by atoms with Gasteiger partial charge in [0.05, 0.1) is 12.7 Å². The fourth-order valence-corrected chi connectivity index (χ4v) is 2.49. The van der Waals surface area contributed by atoms with Crippen LogP contribution in [0.1, 0.15) is 37.0 Å². The van der Waals surface area contributed by atoms with E-state index in [1.807, 2.05) is 19.9 Å². The average molecular weight is 206 g/mol. The summed E-state index contributed by atoms with van der Waals surface area (Å²) in [5.74, 6) is 0.808. The molecule has 15 heavy (non-hydrogen) atoms. The summed E-state index contributed by atoms with van der Waals surface area (Å²) in [7, 11) is 1.66. The molecule has 0 aliphatic heterocycles. The largest absolute Gasteiger partial charge is 0.496 e. The number of rotatable bonds is 2. The zero-order valence-corrected chi connectivity index (χ0v) is 9.63. The van der Waals surface area contributed by atoms with Gasteiger partial charge in [-0.05, 0) is 50.3 Å². The minimum absolute atomic E-state index is 0.808. The Labute approximate surface area is 90.9 Å². The number of methoxy groups -OCH3 is 1. The maximum Gasteiger partial charge on any atom is 0.125 e. The summed E-state index contributed by atoms with van der Waals surface area (Å²) < 4.78 is 5.34. The summed E-state index contributed by atoms with van der Waals surface area (Å²) in [6.07, 6.45) is 3.37. The smallest absolute Gasteiger partial charge is 0.125 e. The predicted molar refractivity (Wildman–Crippen MR) is 60.3 cm³/mol. The van der Waals surface area contributed by atoms with Crippen LogP contribution in [-0.2, 0) is 18.4 Å². The van der Waals surface area contributed by atoms with Gasteiger partial charge in [0.1, 0.15) is 5.75 Å². The third-order valence-corrected chi connectivity index (χ3v) is 3.08. The standard InChI is InChI=1S/C13H18O2/c1-13(2,14)12-10-6-4-5-9(10)7-8-11(12)15-3/h7-8,14H,4-6H2,1-3H3. The van der Waals surface area contributed by atoms with Gasteiger partial charge in [-0.1, -0.05) is 6.07 Å². The molecule has 2 nitrogen and oxygen atoms in total. The zero-order chi connectivity index (χ0) is 11.1. The second-order valence-corrected chi connectivity index (χ2v) is 4.69. The lowest BCUT2D eigenvalue weighted by Crippen LogP contribution is -2.19. The van der Waals surface area contributed by atoms with Gasteiger partial charge in [0.25, 0.3) is 0 Å². The molecular weight excluding hydrogens is 188 g/mol. The number of hydrogen-bond acceptors (Lipinski definition) is 2. The van der Waals surface area contributed by atoms with Gasteiger partial charge in [-0.3, -0.25) is 0 Å². The van der Waals surface area contributed by atoms with Crippen LogP contribution in [0.5, 0.6) is 5.75 Å². The van der Waals surface area contributed by atoms with Crippen LogP contribution in [0.15, 0.2) is 12.1 Å². The van der Waals surface area contributed by atoms with E-state index in [0.717, 1.165) is 24.2 Å². The molecule has 0 unspecified atom stereocenters. The van der Waals surface area contributed by atoms with Gasteiger partial charge in [0.15, 0.2) is 0 Å². The van der Waals surface area contributed by atoms with Crippen molar-refractivity contribution in [2.24, 2.45) is 0 Å². The van der Waals surface area contributed by atoms with Crippen molar-refractivity contribution in [1.29, 1.82) is 0 Å². The molecule has 2 heteroatoms. The SMILES string of the molecule is COc1ccc2c(c1C(C)(C)O)CCC2. The molecule has 0 aromatic heterocycles. The lowest BCUT2D eigenvalue weighted by Gasteiger charge is -2.24. The number of aryl methyl sites for hydroxylation is 1. The Morgan fingerprint density at radius 1 is 1.27 bits per heavy atom. The van der Waals surface area contributed by atoms with Crippen molar-refractivity contribution >= 4 is 0 Å². The van der Waals surface area contributed by atoms with Gasteiger partial charge >= 0.3 is 0 Å². The minimum atomic E-state index is -0.818. The predicted octanol–water partition coefficient (Wildman–Crippen LogP) is 2.41. The maximum atomic E-state index is 10.2. The lowest BCUT2D eigenvalue weighted by atomic mass is 9.90. The average Bonchev–Trinajstić information content (AvgIpc) is 2.61. The van der Waals surface area contributed by atoms with E-state index in [4.69, 9.17) is 4.74 Å². The summed E-state index contributed by atoms with van der Waals surface area (Å²) in [6, 6.07) is 4.09. The lowest BCUT2D eigenvalue weighted by molar-refractivity contribution is 0.0747. The Morgan fingerprint density at radius 2 is 2.00 bits per heavy atom. The molecular formula is C13H18O2. The van der Waals surface area contributed by atoms with Gasteiger partial charge in [-0.2, -0.15) is 0 Å². The van der Waals surface area contributed by atoms with Crippen molar-refractivity contribution in [2.75, 3.05) is 7.11 Å². The number of benzene rings is 1. The third kappa shape index (κ3) is 1.74. The highest BCUT2D eigenvalue weighted by molar-refractivity contribution is 5.49. The van der Waals surface area contributed by atoms with Crippen LogP contribution in [0, 0.1) is 0 Å². The first-order valence-corrected chi connectivity index (χ1v) is 5.45. The van der Waals surface area contributed by atoms with Gasteiger partial charge in [-0.25, -0.2) is 0 Å². The maximum absolute atomic E-state index is 10.2. The first-order chi connectivity index (χ1) is 7.04. The van der Waals surface area contributed by atoms with Gasteiger partial charge in [0, 0.05) is 5.56 Å². The first kappa shape index (κ1) is 10.5. The Balaban J connectivity index is 2.63. The molecule has 0 heterocycles. The first-order valence-electron chi connectivity index (χ1n) is 5.45. The fraction of sp³-hybridized carbons (Fsp3) is 0.538. The molecule has 0 spiro atoms. The fourth-order valence-electron chi connectivity index (χ4n) is 2.49. The van der Waals surface area contributed by atoms with E-state index >= 15 is 0 Å². The van der Waals surface area contributed by atoms with E-state index < -0.39 is 5.60 Å². The molecule has 0 radical (unpaired) electrons. The van der Waals surface area contributed by atoms with Crippen LogP contribution in [0.4, 0.5) is 0 Å². The number of fused-ring (bicyclic) bond motifs is 1. The van der Waals surface area contributed by atoms with Crippen molar-refractivity contribution in [3.63, 3.8) is 0 Å². The number of aliphatic hydroxyl groups is 1. The molecule has 0 amide bonds. The van der Waals surface area contributed by atoms with E-state index in [9.17, 15) is 5.11 Å². The quantitative estimate of drug-likeness (QED) is 0.805. The Hall–Kier alpha value is -1.02. The molecule has 1 N–H and O–H groups in total. The van der Waals surface area contributed by atoms with Crippen LogP contribution in [0.25, 0.3) is 0 Å². The molecule has 1 aliphatic carbocycles. The van der Waals surface area contributed by atoms with Gasteiger partial charge in [0.2, 0.25) is 0 Å². The minimum Gasteiger partial charge on any atom is -0.496 e. The molecule has 1 aliphatic rings. The highest BCUT2D eigenvalue weighted by Crippen LogP contribution is 2.38. The van der Waals surface area contributed by atoms with E-state index in [1.54, 1.807) is 7.11 Å². The van der Waals surface area contributed by atoms with Gasteiger partial charge < -0.3 is 9.84 Å². The topological polar surface area (TPSA) is 29.5 Å². The van der Waals surface area contributed by atoms with Crippen molar-refractivity contribution in [2.45, 2.75) is 38.7 Å². The highest BCUT2D eigenvalue weighted by Gasteiger charge is 2.28. The zero-order valence-electron chi connectivity index (χ0n) is 9.63. The Kier molecular flexibility index (Phi) is 2.47. The van der Waals surface area contributed by atoms with Gasteiger partial charge in [-0.15, -0.1) is 0 Å². The Morgan fingerprint density at radius 3 is 2.60 bits per heavy atom. The van der Waals surface area contributed by atoms with E-state index in [1.165, 1.54) is 17.5 Å². The van der Waals surface area contributed by atoms with Crippen molar-refractivity contribution in [3.05, 3.63) is 28.8 Å². The molecule has 0 atom stereocenters. The molecule has 0 saturated heterocycles. The van der Waals surface area contributed by atoms with Crippen molar-refractivity contribution in [3.8, 4) is 5.75 Å². The summed E-state index contributed by atoms with van der Waals surface area (Å²) >= 11 is 0. The van der Waals surface area contributed by atoms with Crippen LogP contribution in [0.2, 0.25) is 0 Å². The number of hydrogen-bond donors (Lipinski definition) is 1. The molecule has 2 rings (SSSR count).